The molecular weight excluding hydrogens is 270 g/mol. The molecule has 0 bridgehead atoms. The van der Waals surface area contributed by atoms with Crippen LogP contribution in [-0.4, -0.2) is 16.3 Å². The fourth-order valence-corrected chi connectivity index (χ4v) is 2.35. The van der Waals surface area contributed by atoms with Gasteiger partial charge in [0.25, 0.3) is 0 Å². The van der Waals surface area contributed by atoms with Gasteiger partial charge < -0.3 is 0 Å². The average Bonchev–Trinajstić information content (AvgIpc) is 2.99. The number of isocyanates is 1. The summed E-state index contributed by atoms with van der Waals surface area (Å²) in [4.78, 5) is 14.3. The summed E-state index contributed by atoms with van der Waals surface area (Å²) in [7, 11) is 0. The first-order valence-corrected chi connectivity index (χ1v) is 5.78. The van der Waals surface area contributed by atoms with Crippen LogP contribution < -0.4 is 0 Å². The van der Waals surface area contributed by atoms with Crippen molar-refractivity contribution in [2.45, 2.75) is 18.4 Å². The molecule has 1 aromatic carbocycles. The molecule has 0 amide bonds. The Labute approximate surface area is 99.9 Å². The predicted molar refractivity (Wildman–Crippen MR) is 62.8 cm³/mol. The third-order valence-electron chi connectivity index (χ3n) is 3.03. The zero-order valence-corrected chi connectivity index (χ0v) is 9.91. The smallest absolute Gasteiger partial charge is 0.235 e. The standard InChI is InChI=1S/C11H8BrN3O/c12-10-8-5-7(1-2-9(8)14-15-10)11(3-4-11)13-6-16/h1-2,5H,3-4H2,(H,14,15). The van der Waals surface area contributed by atoms with Crippen molar-refractivity contribution in [3.8, 4) is 0 Å². The summed E-state index contributed by atoms with van der Waals surface area (Å²) < 4.78 is 0.857. The summed E-state index contributed by atoms with van der Waals surface area (Å²) in [6.45, 7) is 0. The molecule has 2 aromatic rings. The van der Waals surface area contributed by atoms with E-state index >= 15 is 0 Å². The molecule has 16 heavy (non-hydrogen) atoms. The Morgan fingerprint density at radius 2 is 2.31 bits per heavy atom. The number of nitrogens with zero attached hydrogens (tertiary/aromatic N) is 2. The van der Waals surface area contributed by atoms with Gasteiger partial charge in [0, 0.05) is 5.39 Å². The maximum atomic E-state index is 10.4. The number of aromatic amines is 1. The number of benzene rings is 1. The van der Waals surface area contributed by atoms with E-state index in [1.54, 1.807) is 6.08 Å². The van der Waals surface area contributed by atoms with Crippen LogP contribution in [0.5, 0.6) is 0 Å². The van der Waals surface area contributed by atoms with Crippen molar-refractivity contribution in [3.05, 3.63) is 28.4 Å². The van der Waals surface area contributed by atoms with Crippen molar-refractivity contribution in [3.63, 3.8) is 0 Å². The second-order valence-corrected chi connectivity index (χ2v) is 4.80. The van der Waals surface area contributed by atoms with Crippen LogP contribution in [0.2, 0.25) is 0 Å². The predicted octanol–water partition coefficient (Wildman–Crippen LogP) is 2.65. The molecule has 0 unspecified atom stereocenters. The van der Waals surface area contributed by atoms with E-state index in [0.717, 1.165) is 33.9 Å². The van der Waals surface area contributed by atoms with Crippen molar-refractivity contribution < 1.29 is 4.79 Å². The maximum absolute atomic E-state index is 10.4. The minimum Gasteiger partial charge on any atom is -0.270 e. The normalized spacial score (nSPS) is 17.1. The number of H-pyrrole nitrogens is 1. The van der Waals surface area contributed by atoms with Crippen molar-refractivity contribution in [1.29, 1.82) is 0 Å². The third-order valence-corrected chi connectivity index (χ3v) is 3.63. The molecule has 3 rings (SSSR count). The topological polar surface area (TPSA) is 58.1 Å². The molecule has 1 aliphatic carbocycles. The van der Waals surface area contributed by atoms with Crippen molar-refractivity contribution in [2.75, 3.05) is 0 Å². The first-order chi connectivity index (χ1) is 7.75. The summed E-state index contributed by atoms with van der Waals surface area (Å²) in [5, 5.41) is 8.01. The molecule has 1 N–H and O–H groups in total. The molecule has 5 heteroatoms. The fourth-order valence-electron chi connectivity index (χ4n) is 1.94. The molecule has 1 fully saturated rings. The Hall–Kier alpha value is -1.45. The van der Waals surface area contributed by atoms with Crippen LogP contribution in [0.15, 0.2) is 27.8 Å². The van der Waals surface area contributed by atoms with Crippen LogP contribution >= 0.6 is 15.9 Å². The number of aliphatic imine (C=N–C) groups is 1. The SMILES string of the molecule is O=C=NC1(c2ccc3n[nH]c(Br)c3c2)CC1. The third kappa shape index (κ3) is 1.32. The molecular formula is C11H8BrN3O. The van der Waals surface area contributed by atoms with Gasteiger partial charge in [0.05, 0.1) is 11.1 Å². The first kappa shape index (κ1) is 9.75. The van der Waals surface area contributed by atoms with Gasteiger partial charge in [-0.2, -0.15) is 10.1 Å². The van der Waals surface area contributed by atoms with Crippen LogP contribution in [0.3, 0.4) is 0 Å². The van der Waals surface area contributed by atoms with Gasteiger partial charge in [0.1, 0.15) is 4.60 Å². The molecule has 0 spiro atoms. The van der Waals surface area contributed by atoms with Gasteiger partial charge in [-0.1, -0.05) is 6.07 Å². The highest BCUT2D eigenvalue weighted by molar-refractivity contribution is 9.10. The molecule has 1 heterocycles. The summed E-state index contributed by atoms with van der Waals surface area (Å²) in [6.07, 6.45) is 3.51. The number of carbonyl (C=O) groups excluding carboxylic acids is 1. The van der Waals surface area contributed by atoms with Gasteiger partial charge in [-0.25, -0.2) is 4.79 Å². The first-order valence-electron chi connectivity index (χ1n) is 4.98. The quantitative estimate of drug-likeness (QED) is 0.678. The van der Waals surface area contributed by atoms with Crippen LogP contribution in [0.4, 0.5) is 0 Å². The highest BCUT2D eigenvalue weighted by Gasteiger charge is 2.44. The van der Waals surface area contributed by atoms with Gasteiger partial charge in [0.2, 0.25) is 6.08 Å². The van der Waals surface area contributed by atoms with Gasteiger partial charge in [-0.15, -0.1) is 0 Å². The molecule has 1 saturated carbocycles. The monoisotopic (exact) mass is 277 g/mol. The summed E-state index contributed by atoms with van der Waals surface area (Å²) >= 11 is 3.40. The van der Waals surface area contributed by atoms with E-state index < -0.39 is 0 Å². The number of halogens is 1. The number of hydrogen-bond acceptors (Lipinski definition) is 3. The van der Waals surface area contributed by atoms with E-state index in [4.69, 9.17) is 0 Å². The minimum atomic E-state index is -0.313. The Bertz CT molecular complexity index is 609. The summed E-state index contributed by atoms with van der Waals surface area (Å²) in [5.74, 6) is 0. The van der Waals surface area contributed by atoms with Gasteiger partial charge in [-0.3, -0.25) is 5.10 Å². The molecule has 0 aliphatic heterocycles. The van der Waals surface area contributed by atoms with E-state index in [0.29, 0.717) is 0 Å². The van der Waals surface area contributed by atoms with E-state index in [1.807, 2.05) is 18.2 Å². The second kappa shape index (κ2) is 3.27. The van der Waals surface area contributed by atoms with E-state index in [-0.39, 0.29) is 5.54 Å². The van der Waals surface area contributed by atoms with Gasteiger partial charge in [0.15, 0.2) is 0 Å². The molecule has 1 aromatic heterocycles. The molecule has 0 atom stereocenters. The number of fused-ring (bicyclic) bond motifs is 1. The summed E-state index contributed by atoms with van der Waals surface area (Å²) in [6, 6.07) is 5.94. The number of rotatable bonds is 2. The van der Waals surface area contributed by atoms with Crippen molar-refractivity contribution in [2.24, 2.45) is 4.99 Å². The van der Waals surface area contributed by atoms with E-state index in [2.05, 4.69) is 31.1 Å². The van der Waals surface area contributed by atoms with Crippen molar-refractivity contribution in [1.82, 2.24) is 10.2 Å². The zero-order valence-electron chi connectivity index (χ0n) is 8.33. The zero-order chi connectivity index (χ0) is 11.2. The lowest BCUT2D eigenvalue weighted by Gasteiger charge is -2.07. The molecule has 4 nitrogen and oxygen atoms in total. The minimum absolute atomic E-state index is 0.313. The Kier molecular flexibility index (Phi) is 1.99. The fraction of sp³-hybridized carbons (Fsp3) is 0.273. The Morgan fingerprint density at radius 1 is 1.50 bits per heavy atom. The molecule has 0 saturated heterocycles. The second-order valence-electron chi connectivity index (χ2n) is 4.00. The lowest BCUT2D eigenvalue weighted by molar-refractivity contribution is 0.556. The average molecular weight is 278 g/mol. The maximum Gasteiger partial charge on any atom is 0.235 e. The summed E-state index contributed by atoms with van der Waals surface area (Å²) in [5.41, 5.74) is 1.65. The largest absolute Gasteiger partial charge is 0.270 e. The number of nitrogens with one attached hydrogen (secondary N) is 1. The van der Waals surface area contributed by atoms with Crippen LogP contribution in [-0.2, 0) is 10.3 Å². The number of aromatic nitrogens is 2. The van der Waals surface area contributed by atoms with E-state index in [1.165, 1.54) is 0 Å². The van der Waals surface area contributed by atoms with Gasteiger partial charge >= 0.3 is 0 Å². The van der Waals surface area contributed by atoms with Crippen LogP contribution in [0.25, 0.3) is 10.9 Å². The molecule has 1 aliphatic rings. The lowest BCUT2D eigenvalue weighted by Crippen LogP contribution is -2.01. The number of hydrogen-bond donors (Lipinski definition) is 1. The lowest BCUT2D eigenvalue weighted by atomic mass is 10.0. The van der Waals surface area contributed by atoms with Gasteiger partial charge in [-0.05, 0) is 46.5 Å². The Morgan fingerprint density at radius 3 is 3.00 bits per heavy atom. The highest BCUT2D eigenvalue weighted by Crippen LogP contribution is 2.49. The Balaban J connectivity index is 2.18. The highest BCUT2D eigenvalue weighted by atomic mass is 79.9. The molecule has 80 valence electrons. The van der Waals surface area contributed by atoms with E-state index in [9.17, 15) is 4.79 Å². The van der Waals surface area contributed by atoms with Crippen LogP contribution in [0.1, 0.15) is 18.4 Å². The van der Waals surface area contributed by atoms with Crippen LogP contribution in [0, 0.1) is 0 Å². The molecule has 0 radical (unpaired) electrons. The van der Waals surface area contributed by atoms with Crippen molar-refractivity contribution >= 4 is 32.9 Å².